The minimum absolute atomic E-state index is 0.596. The fourth-order valence-electron chi connectivity index (χ4n) is 5.06. The van der Waals surface area contributed by atoms with E-state index in [0.29, 0.717) is 11.4 Å². The third-order valence-corrected chi connectivity index (χ3v) is 6.62. The summed E-state index contributed by atoms with van der Waals surface area (Å²) in [7, 11) is 0. The number of benzene rings is 4. The summed E-state index contributed by atoms with van der Waals surface area (Å²) in [6.45, 7) is 6.08. The van der Waals surface area contributed by atoms with Crippen LogP contribution in [-0.2, 0) is 0 Å². The SMILES string of the molecule is Cc1cccc(-c2ccc3c4ccccc4n(-c4cc(C#N)ccc4-c4nc(C)cc(C)n4)c3c2)c1. The molecule has 172 valence electrons. The van der Waals surface area contributed by atoms with Crippen LogP contribution < -0.4 is 0 Å². The smallest absolute Gasteiger partial charge is 0.161 e. The molecule has 0 radical (unpaired) electrons. The molecule has 36 heavy (non-hydrogen) atoms. The number of hydrogen-bond acceptors (Lipinski definition) is 3. The number of nitriles is 1. The van der Waals surface area contributed by atoms with Gasteiger partial charge in [0.1, 0.15) is 0 Å². The second kappa shape index (κ2) is 8.48. The Morgan fingerprint density at radius 1 is 0.667 bits per heavy atom. The van der Waals surface area contributed by atoms with Crippen LogP contribution in [0.2, 0.25) is 0 Å². The van der Waals surface area contributed by atoms with E-state index in [0.717, 1.165) is 50.0 Å². The average Bonchev–Trinajstić information content (AvgIpc) is 3.21. The van der Waals surface area contributed by atoms with Crippen molar-refractivity contribution in [2.75, 3.05) is 0 Å². The molecule has 6 aromatic rings. The normalized spacial score (nSPS) is 11.2. The molecule has 0 bridgehead atoms. The summed E-state index contributed by atoms with van der Waals surface area (Å²) in [5.41, 5.74) is 9.92. The molecule has 0 amide bonds. The van der Waals surface area contributed by atoms with Crippen LogP contribution in [0, 0.1) is 32.1 Å². The van der Waals surface area contributed by atoms with E-state index in [4.69, 9.17) is 9.97 Å². The first-order chi connectivity index (χ1) is 17.5. The van der Waals surface area contributed by atoms with E-state index in [1.807, 2.05) is 38.1 Å². The van der Waals surface area contributed by atoms with Gasteiger partial charge >= 0.3 is 0 Å². The summed E-state index contributed by atoms with van der Waals surface area (Å²) in [4.78, 5) is 9.52. The summed E-state index contributed by atoms with van der Waals surface area (Å²) in [6, 6.07) is 33.6. The molecule has 4 nitrogen and oxygen atoms in total. The predicted molar refractivity (Wildman–Crippen MR) is 146 cm³/mol. The van der Waals surface area contributed by atoms with E-state index in [9.17, 15) is 5.26 Å². The minimum atomic E-state index is 0.596. The van der Waals surface area contributed by atoms with Crippen LogP contribution in [0.5, 0.6) is 0 Å². The Morgan fingerprint density at radius 3 is 2.19 bits per heavy atom. The molecule has 4 heteroatoms. The van der Waals surface area contributed by atoms with Crippen molar-refractivity contribution in [1.29, 1.82) is 5.26 Å². The van der Waals surface area contributed by atoms with Gasteiger partial charge in [0.05, 0.1) is 28.4 Å². The van der Waals surface area contributed by atoms with Crippen molar-refractivity contribution < 1.29 is 0 Å². The van der Waals surface area contributed by atoms with Crippen LogP contribution in [-0.4, -0.2) is 14.5 Å². The molecule has 2 heterocycles. The molecular weight excluding hydrogens is 440 g/mol. The fraction of sp³-hybridized carbons (Fsp3) is 0.0938. The van der Waals surface area contributed by atoms with Gasteiger partial charge in [-0.2, -0.15) is 5.26 Å². The minimum Gasteiger partial charge on any atom is -0.308 e. The first-order valence-electron chi connectivity index (χ1n) is 12.0. The summed E-state index contributed by atoms with van der Waals surface area (Å²) >= 11 is 0. The van der Waals surface area contributed by atoms with Crippen LogP contribution in [0.4, 0.5) is 0 Å². The van der Waals surface area contributed by atoms with E-state index < -0.39 is 0 Å². The number of nitrogens with zero attached hydrogens (tertiary/aromatic N) is 4. The lowest BCUT2D eigenvalue weighted by molar-refractivity contribution is 1.05. The van der Waals surface area contributed by atoms with Gasteiger partial charge in [-0.1, -0.05) is 60.2 Å². The quantitative estimate of drug-likeness (QED) is 0.270. The maximum absolute atomic E-state index is 9.76. The number of rotatable bonds is 3. The Bertz CT molecular complexity index is 1820. The first kappa shape index (κ1) is 21.8. The zero-order valence-corrected chi connectivity index (χ0v) is 20.4. The van der Waals surface area contributed by atoms with Crippen LogP contribution >= 0.6 is 0 Å². The number of para-hydroxylation sites is 1. The molecule has 0 unspecified atom stereocenters. The highest BCUT2D eigenvalue weighted by Crippen LogP contribution is 2.37. The standard InChI is InChI=1S/C32H24N4/c1-20-7-6-8-24(15-20)25-12-14-27-26-9-4-5-10-29(26)36(31(27)18-25)30-17-23(19-33)11-13-28(30)32-34-21(2)16-22(3)35-32/h4-18H,1-3H3. The van der Waals surface area contributed by atoms with Crippen LogP contribution in [0.15, 0.2) is 91.0 Å². The Morgan fingerprint density at radius 2 is 1.42 bits per heavy atom. The van der Waals surface area contributed by atoms with Gasteiger partial charge in [0.15, 0.2) is 5.82 Å². The molecule has 0 aliphatic rings. The molecule has 0 spiro atoms. The monoisotopic (exact) mass is 464 g/mol. The van der Waals surface area contributed by atoms with Gasteiger partial charge in [-0.3, -0.25) is 0 Å². The molecular formula is C32H24N4. The molecule has 0 fully saturated rings. The van der Waals surface area contributed by atoms with Gasteiger partial charge in [0.2, 0.25) is 0 Å². The highest BCUT2D eigenvalue weighted by molar-refractivity contribution is 6.10. The van der Waals surface area contributed by atoms with Crippen molar-refractivity contribution in [3.05, 3.63) is 114 Å². The Hall–Kier alpha value is -4.75. The Kier molecular flexibility index (Phi) is 5.13. The van der Waals surface area contributed by atoms with Gasteiger partial charge in [-0.25, -0.2) is 9.97 Å². The van der Waals surface area contributed by atoms with E-state index >= 15 is 0 Å². The molecule has 0 atom stereocenters. The number of hydrogen-bond donors (Lipinski definition) is 0. The van der Waals surface area contributed by atoms with Crippen molar-refractivity contribution in [2.24, 2.45) is 0 Å². The van der Waals surface area contributed by atoms with Gasteiger partial charge in [-0.05, 0) is 68.3 Å². The number of aromatic nitrogens is 3. The molecule has 0 N–H and O–H groups in total. The number of aryl methyl sites for hydroxylation is 3. The second-order valence-electron chi connectivity index (χ2n) is 9.27. The predicted octanol–water partition coefficient (Wildman–Crippen LogP) is 7.70. The summed E-state index contributed by atoms with van der Waals surface area (Å²) in [5, 5.41) is 12.1. The lowest BCUT2D eigenvalue weighted by Gasteiger charge is -2.15. The largest absolute Gasteiger partial charge is 0.308 e. The molecule has 4 aromatic carbocycles. The maximum atomic E-state index is 9.76. The highest BCUT2D eigenvalue weighted by atomic mass is 15.0. The zero-order valence-electron chi connectivity index (χ0n) is 20.4. The maximum Gasteiger partial charge on any atom is 0.161 e. The Balaban J connectivity index is 1.72. The van der Waals surface area contributed by atoms with Gasteiger partial charge < -0.3 is 4.57 Å². The Labute approximate surface area is 210 Å². The van der Waals surface area contributed by atoms with E-state index in [1.165, 1.54) is 11.1 Å². The molecule has 6 rings (SSSR count). The molecule has 0 aliphatic carbocycles. The van der Waals surface area contributed by atoms with Crippen molar-refractivity contribution in [1.82, 2.24) is 14.5 Å². The zero-order chi connectivity index (χ0) is 24.8. The molecule has 0 saturated heterocycles. The van der Waals surface area contributed by atoms with Gasteiger partial charge in [0, 0.05) is 27.7 Å². The van der Waals surface area contributed by atoms with E-state index in [2.05, 4.69) is 84.3 Å². The van der Waals surface area contributed by atoms with Crippen molar-refractivity contribution >= 4 is 21.8 Å². The van der Waals surface area contributed by atoms with E-state index in [-0.39, 0.29) is 0 Å². The molecule has 2 aromatic heterocycles. The average molecular weight is 465 g/mol. The third-order valence-electron chi connectivity index (χ3n) is 6.62. The second-order valence-corrected chi connectivity index (χ2v) is 9.27. The summed E-state index contributed by atoms with van der Waals surface area (Å²) in [5.74, 6) is 0.660. The first-order valence-corrected chi connectivity index (χ1v) is 12.0. The topological polar surface area (TPSA) is 54.5 Å². The summed E-state index contributed by atoms with van der Waals surface area (Å²) < 4.78 is 2.25. The lowest BCUT2D eigenvalue weighted by atomic mass is 10.0. The van der Waals surface area contributed by atoms with Crippen LogP contribution in [0.1, 0.15) is 22.5 Å². The van der Waals surface area contributed by atoms with Crippen molar-refractivity contribution in [3.63, 3.8) is 0 Å². The highest BCUT2D eigenvalue weighted by Gasteiger charge is 2.18. The van der Waals surface area contributed by atoms with Crippen LogP contribution in [0.25, 0.3) is 50.0 Å². The van der Waals surface area contributed by atoms with Crippen LogP contribution in [0.3, 0.4) is 0 Å². The lowest BCUT2D eigenvalue weighted by Crippen LogP contribution is -2.02. The van der Waals surface area contributed by atoms with Crippen molar-refractivity contribution in [2.45, 2.75) is 20.8 Å². The molecule has 0 saturated carbocycles. The van der Waals surface area contributed by atoms with Gasteiger partial charge in [-0.15, -0.1) is 0 Å². The molecule has 0 aliphatic heterocycles. The number of fused-ring (bicyclic) bond motifs is 3. The summed E-state index contributed by atoms with van der Waals surface area (Å²) in [6.07, 6.45) is 0. The van der Waals surface area contributed by atoms with Gasteiger partial charge in [0.25, 0.3) is 0 Å². The fourth-order valence-corrected chi connectivity index (χ4v) is 5.06. The van der Waals surface area contributed by atoms with E-state index in [1.54, 1.807) is 0 Å². The third kappa shape index (κ3) is 3.62. The van der Waals surface area contributed by atoms with Crippen molar-refractivity contribution in [3.8, 4) is 34.3 Å².